The van der Waals surface area contributed by atoms with E-state index in [2.05, 4.69) is 51.1 Å². The highest BCUT2D eigenvalue weighted by atomic mass is 14.2. The Morgan fingerprint density at radius 1 is 0.273 bits per heavy atom. The zero-order chi connectivity index (χ0) is 39.1. The van der Waals surface area contributed by atoms with Crippen molar-refractivity contribution in [2.75, 3.05) is 0 Å². The summed E-state index contributed by atoms with van der Waals surface area (Å²) in [4.78, 5) is 0. The smallest absolute Gasteiger partial charge is 0.0149 e. The van der Waals surface area contributed by atoms with E-state index in [-0.39, 0.29) is 0 Å². The van der Waals surface area contributed by atoms with E-state index >= 15 is 0 Å². The molecule has 0 heteroatoms. The van der Waals surface area contributed by atoms with Gasteiger partial charge in [0, 0.05) is 0 Å². The zero-order valence-electron chi connectivity index (χ0n) is 38.1. The second-order valence-electron chi connectivity index (χ2n) is 18.2. The van der Waals surface area contributed by atoms with E-state index in [0.717, 1.165) is 0 Å². The van der Waals surface area contributed by atoms with Gasteiger partial charge in [-0.3, -0.25) is 0 Å². The van der Waals surface area contributed by atoms with Crippen LogP contribution in [-0.2, 0) is 19.3 Å². The summed E-state index contributed by atoms with van der Waals surface area (Å²) < 4.78 is 0. The molecule has 0 unspecified atom stereocenters. The number of fused-ring (bicyclic) bond motifs is 1. The molecular formula is C55H98. The van der Waals surface area contributed by atoms with E-state index in [1.807, 2.05) is 0 Å². The van der Waals surface area contributed by atoms with E-state index in [1.54, 1.807) is 22.1 Å². The SMILES string of the molecule is CCCCCCCCCCCCCCCc1cc2ccccc2c(CCCCCCCCCCCCCCC)c1CCCCCCCCCCCCCCC. The molecule has 318 valence electrons. The fourth-order valence-corrected chi connectivity index (χ4v) is 9.32. The Labute approximate surface area is 347 Å². The first kappa shape index (κ1) is 49.8. The lowest BCUT2D eigenvalue weighted by atomic mass is 9.86. The van der Waals surface area contributed by atoms with Crippen LogP contribution in [0.2, 0.25) is 0 Å². The third-order valence-electron chi connectivity index (χ3n) is 13.0. The number of hydrogen-bond acceptors (Lipinski definition) is 0. The lowest BCUT2D eigenvalue weighted by Crippen LogP contribution is -2.04. The molecule has 0 bridgehead atoms. The Morgan fingerprint density at radius 3 is 0.891 bits per heavy atom. The molecule has 0 atom stereocenters. The molecule has 0 nitrogen and oxygen atoms in total. The summed E-state index contributed by atoms with van der Waals surface area (Å²) in [5, 5.41) is 3.08. The van der Waals surface area contributed by atoms with Gasteiger partial charge in [-0.1, -0.05) is 282 Å². The van der Waals surface area contributed by atoms with Gasteiger partial charge in [0.2, 0.25) is 0 Å². The number of benzene rings is 2. The summed E-state index contributed by atoms with van der Waals surface area (Å²) in [7, 11) is 0. The molecule has 0 N–H and O–H groups in total. The molecular weight excluding hydrogens is 661 g/mol. The second-order valence-corrected chi connectivity index (χ2v) is 18.2. The first-order chi connectivity index (χ1) is 27.3. The number of aryl methyl sites for hydroxylation is 2. The maximum atomic E-state index is 2.63. The van der Waals surface area contributed by atoms with Gasteiger partial charge in [0.1, 0.15) is 0 Å². The molecule has 0 aliphatic heterocycles. The maximum Gasteiger partial charge on any atom is -0.0149 e. The molecule has 0 amide bonds. The Kier molecular flexibility index (Phi) is 34.6. The van der Waals surface area contributed by atoms with Crippen LogP contribution in [0.5, 0.6) is 0 Å². The van der Waals surface area contributed by atoms with Gasteiger partial charge in [-0.25, -0.2) is 0 Å². The van der Waals surface area contributed by atoms with Crippen molar-refractivity contribution in [3.05, 3.63) is 47.0 Å². The summed E-state index contributed by atoms with van der Waals surface area (Å²) in [6.45, 7) is 6.96. The Bertz CT molecular complexity index is 1080. The molecule has 0 radical (unpaired) electrons. The molecule has 2 aromatic carbocycles. The molecule has 2 rings (SSSR count). The molecule has 0 saturated carbocycles. The highest BCUT2D eigenvalue weighted by Crippen LogP contribution is 2.31. The minimum Gasteiger partial charge on any atom is -0.0654 e. The van der Waals surface area contributed by atoms with Crippen molar-refractivity contribution in [1.29, 1.82) is 0 Å². The predicted molar refractivity (Wildman–Crippen MR) is 252 cm³/mol. The van der Waals surface area contributed by atoms with Crippen LogP contribution in [-0.4, -0.2) is 0 Å². The topological polar surface area (TPSA) is 0 Å². The number of hydrogen-bond donors (Lipinski definition) is 0. The zero-order valence-corrected chi connectivity index (χ0v) is 38.1. The lowest BCUT2D eigenvalue weighted by Gasteiger charge is -2.19. The average Bonchev–Trinajstić information content (AvgIpc) is 3.20. The molecule has 0 spiro atoms. The maximum absolute atomic E-state index is 2.63. The molecule has 2 aromatic rings. The van der Waals surface area contributed by atoms with Gasteiger partial charge < -0.3 is 0 Å². The Morgan fingerprint density at radius 2 is 0.545 bits per heavy atom. The predicted octanol–water partition coefficient (Wildman–Crippen LogP) is 19.7. The molecule has 0 aliphatic carbocycles. The van der Waals surface area contributed by atoms with Crippen molar-refractivity contribution in [3.63, 3.8) is 0 Å². The third-order valence-corrected chi connectivity index (χ3v) is 13.0. The van der Waals surface area contributed by atoms with Crippen LogP contribution in [0.1, 0.15) is 288 Å². The standard InChI is InChI=1S/C55H98/c1-4-7-10-13-16-19-22-25-28-31-34-37-40-45-51-50-52-46-43-44-48-54(52)55(49-42-39-36-33-30-27-24-21-18-15-12-9-6-3)53(51)47-41-38-35-32-29-26-23-20-17-14-11-8-5-2/h43-44,46,48,50H,4-42,45,47,49H2,1-3H3. The number of rotatable bonds is 42. The summed E-state index contributed by atoms with van der Waals surface area (Å²) >= 11 is 0. The van der Waals surface area contributed by atoms with Crippen LogP contribution < -0.4 is 0 Å². The normalized spacial score (nSPS) is 11.7. The fourth-order valence-electron chi connectivity index (χ4n) is 9.32. The van der Waals surface area contributed by atoms with E-state index in [1.165, 1.54) is 275 Å². The monoisotopic (exact) mass is 759 g/mol. The number of unbranched alkanes of at least 4 members (excludes halogenated alkanes) is 36. The van der Waals surface area contributed by atoms with Gasteiger partial charge in [0.15, 0.2) is 0 Å². The van der Waals surface area contributed by atoms with E-state index in [9.17, 15) is 0 Å². The van der Waals surface area contributed by atoms with Crippen LogP contribution in [0, 0.1) is 0 Å². The summed E-state index contributed by atoms with van der Waals surface area (Å²) in [6, 6.07) is 12.1. The molecule has 0 aliphatic rings. The van der Waals surface area contributed by atoms with Gasteiger partial charge in [-0.05, 0) is 66.0 Å². The van der Waals surface area contributed by atoms with Gasteiger partial charge in [0.25, 0.3) is 0 Å². The average molecular weight is 759 g/mol. The molecule has 0 saturated heterocycles. The van der Waals surface area contributed by atoms with E-state index in [0.29, 0.717) is 0 Å². The summed E-state index contributed by atoms with van der Waals surface area (Å²) in [5.74, 6) is 0. The van der Waals surface area contributed by atoms with Gasteiger partial charge in [-0.15, -0.1) is 0 Å². The van der Waals surface area contributed by atoms with Gasteiger partial charge in [-0.2, -0.15) is 0 Å². The van der Waals surface area contributed by atoms with Crippen LogP contribution in [0.15, 0.2) is 30.3 Å². The molecule has 55 heavy (non-hydrogen) atoms. The molecule has 0 aromatic heterocycles. The van der Waals surface area contributed by atoms with Crippen molar-refractivity contribution in [3.8, 4) is 0 Å². The lowest BCUT2D eigenvalue weighted by molar-refractivity contribution is 0.536. The minimum absolute atomic E-state index is 1.29. The highest BCUT2D eigenvalue weighted by molar-refractivity contribution is 5.88. The van der Waals surface area contributed by atoms with Gasteiger partial charge in [0.05, 0.1) is 0 Å². The van der Waals surface area contributed by atoms with E-state index in [4.69, 9.17) is 0 Å². The molecule has 0 heterocycles. The van der Waals surface area contributed by atoms with Crippen molar-refractivity contribution in [1.82, 2.24) is 0 Å². The Hall–Kier alpha value is -1.30. The van der Waals surface area contributed by atoms with Gasteiger partial charge >= 0.3 is 0 Å². The second kappa shape index (κ2) is 38.2. The first-order valence-electron chi connectivity index (χ1n) is 25.8. The van der Waals surface area contributed by atoms with Crippen molar-refractivity contribution in [2.45, 2.75) is 290 Å². The molecule has 0 fully saturated rings. The highest BCUT2D eigenvalue weighted by Gasteiger charge is 2.14. The minimum atomic E-state index is 1.29. The van der Waals surface area contributed by atoms with Crippen LogP contribution >= 0.6 is 0 Å². The summed E-state index contributed by atoms with van der Waals surface area (Å²) in [5.41, 5.74) is 5.23. The van der Waals surface area contributed by atoms with Crippen LogP contribution in [0.4, 0.5) is 0 Å². The fraction of sp³-hybridized carbons (Fsp3) is 0.818. The quantitative estimate of drug-likeness (QED) is 0.0592. The third kappa shape index (κ3) is 27.1. The first-order valence-corrected chi connectivity index (χ1v) is 25.8. The van der Waals surface area contributed by atoms with E-state index < -0.39 is 0 Å². The van der Waals surface area contributed by atoms with Crippen LogP contribution in [0.25, 0.3) is 10.8 Å². The van der Waals surface area contributed by atoms with Crippen molar-refractivity contribution < 1.29 is 0 Å². The van der Waals surface area contributed by atoms with Crippen molar-refractivity contribution >= 4 is 10.8 Å². The largest absolute Gasteiger partial charge is 0.0654 e. The Balaban J connectivity index is 1.83. The van der Waals surface area contributed by atoms with Crippen molar-refractivity contribution in [2.24, 2.45) is 0 Å². The summed E-state index contributed by atoms with van der Waals surface area (Å²) in [6.07, 6.45) is 60.0. The van der Waals surface area contributed by atoms with Crippen LogP contribution in [0.3, 0.4) is 0 Å².